The average Bonchev–Trinajstić information content (AvgIpc) is 2.70. The number of benzene rings is 1. The van der Waals surface area contributed by atoms with E-state index in [9.17, 15) is 19.5 Å². The molecule has 3 unspecified atom stereocenters. The fourth-order valence-corrected chi connectivity index (χ4v) is 4.28. The number of hydrogen-bond donors (Lipinski definition) is 4. The minimum atomic E-state index is -0.338. The van der Waals surface area contributed by atoms with Crippen molar-refractivity contribution in [3.63, 3.8) is 0 Å². The van der Waals surface area contributed by atoms with Gasteiger partial charge in [-0.15, -0.1) is 0 Å². The number of thiol groups is 3. The summed E-state index contributed by atoms with van der Waals surface area (Å²) in [5.41, 5.74) is 2.49. The van der Waals surface area contributed by atoms with Gasteiger partial charge in [-0.25, -0.2) is 0 Å². The molecule has 0 bridgehead atoms. The lowest BCUT2D eigenvalue weighted by molar-refractivity contribution is -0.142. The number of rotatable bonds is 15. The van der Waals surface area contributed by atoms with E-state index in [2.05, 4.69) is 37.9 Å². The number of phenolic OH excluding ortho intramolecular Hbond substituents is 1. The standard InChI is InChI=1S/C24H36O7S3/c1-15(25)29-7-4-21(32)12-18-10-19(13-22(33)5-8-30-16(2)26)24(28)20(11-18)14-23(34)6-9-31-17(3)27/h10-11,21-23,28,32-34H,4-9,12-14H2,1-3H3. The molecular weight excluding hydrogens is 496 g/mol. The van der Waals surface area contributed by atoms with Gasteiger partial charge in [0.2, 0.25) is 0 Å². The quantitative estimate of drug-likeness (QED) is 0.155. The molecule has 0 spiro atoms. The molecule has 10 heteroatoms. The lowest BCUT2D eigenvalue weighted by Crippen LogP contribution is -2.14. The predicted molar refractivity (Wildman–Crippen MR) is 141 cm³/mol. The summed E-state index contributed by atoms with van der Waals surface area (Å²) >= 11 is 13.8. The largest absolute Gasteiger partial charge is 0.507 e. The van der Waals surface area contributed by atoms with Crippen LogP contribution in [0.4, 0.5) is 0 Å². The summed E-state index contributed by atoms with van der Waals surface area (Å²) in [6.45, 7) is 4.92. The lowest BCUT2D eigenvalue weighted by atomic mass is 9.94. The molecule has 0 saturated carbocycles. The molecule has 3 atom stereocenters. The fourth-order valence-electron chi connectivity index (χ4n) is 3.36. The first-order valence-corrected chi connectivity index (χ1v) is 12.8. The van der Waals surface area contributed by atoms with Crippen molar-refractivity contribution < 1.29 is 33.7 Å². The van der Waals surface area contributed by atoms with Crippen molar-refractivity contribution in [1.29, 1.82) is 0 Å². The third-order valence-electron chi connectivity index (χ3n) is 4.98. The second-order valence-electron chi connectivity index (χ2n) is 8.22. The minimum absolute atomic E-state index is 0.0314. The molecule has 192 valence electrons. The van der Waals surface area contributed by atoms with Crippen LogP contribution in [0.5, 0.6) is 5.75 Å². The Balaban J connectivity index is 2.96. The van der Waals surface area contributed by atoms with Crippen molar-refractivity contribution in [2.45, 2.75) is 75.0 Å². The van der Waals surface area contributed by atoms with E-state index in [-0.39, 0.29) is 52.6 Å². The molecule has 0 radical (unpaired) electrons. The zero-order valence-corrected chi connectivity index (χ0v) is 22.7. The van der Waals surface area contributed by atoms with Gasteiger partial charge in [0.05, 0.1) is 19.8 Å². The summed E-state index contributed by atoms with van der Waals surface area (Å²) in [4.78, 5) is 33.0. The van der Waals surface area contributed by atoms with Crippen LogP contribution < -0.4 is 0 Å². The Labute approximate surface area is 218 Å². The van der Waals surface area contributed by atoms with Crippen LogP contribution in [0.1, 0.15) is 56.7 Å². The summed E-state index contributed by atoms with van der Waals surface area (Å²) in [5, 5.41) is 10.7. The van der Waals surface area contributed by atoms with E-state index < -0.39 is 0 Å². The molecule has 0 aromatic heterocycles. The Hall–Kier alpha value is -1.52. The van der Waals surface area contributed by atoms with Crippen molar-refractivity contribution in [3.8, 4) is 5.75 Å². The molecule has 34 heavy (non-hydrogen) atoms. The second-order valence-corrected chi connectivity index (χ2v) is 10.4. The van der Waals surface area contributed by atoms with Gasteiger partial charge in [0.25, 0.3) is 0 Å². The smallest absolute Gasteiger partial charge is 0.302 e. The maximum absolute atomic E-state index is 11.0. The summed E-state index contributed by atoms with van der Waals surface area (Å²) in [6.07, 6.45) is 3.32. The Morgan fingerprint density at radius 1 is 0.706 bits per heavy atom. The minimum Gasteiger partial charge on any atom is -0.507 e. The molecule has 1 N–H and O–H groups in total. The van der Waals surface area contributed by atoms with Gasteiger partial charge in [0.15, 0.2) is 0 Å². The average molecular weight is 533 g/mol. The Bertz CT molecular complexity index is 767. The van der Waals surface area contributed by atoms with Crippen LogP contribution in [-0.2, 0) is 47.9 Å². The summed E-state index contributed by atoms with van der Waals surface area (Å²) in [6, 6.07) is 3.88. The second kappa shape index (κ2) is 16.2. The highest BCUT2D eigenvalue weighted by molar-refractivity contribution is 7.81. The summed E-state index contributed by atoms with van der Waals surface area (Å²) in [7, 11) is 0. The van der Waals surface area contributed by atoms with Crippen LogP contribution in [0, 0.1) is 0 Å². The Kier molecular flexibility index (Phi) is 14.5. The molecule has 0 heterocycles. The van der Waals surface area contributed by atoms with E-state index in [0.717, 1.165) is 16.7 Å². The van der Waals surface area contributed by atoms with Gasteiger partial charge in [0, 0.05) is 36.5 Å². The predicted octanol–water partition coefficient (Wildman–Crippen LogP) is 3.77. The van der Waals surface area contributed by atoms with E-state index in [1.54, 1.807) is 0 Å². The number of carbonyl (C=O) groups is 3. The first-order valence-electron chi connectivity index (χ1n) is 11.3. The van der Waals surface area contributed by atoms with Gasteiger partial charge >= 0.3 is 17.9 Å². The zero-order chi connectivity index (χ0) is 25.7. The highest BCUT2D eigenvalue weighted by Crippen LogP contribution is 2.31. The number of aromatic hydroxyl groups is 1. The molecule has 0 saturated heterocycles. The number of esters is 3. The SMILES string of the molecule is CC(=O)OCCC(S)Cc1cc(CC(S)CCOC(C)=O)c(O)c(CC(S)CCOC(C)=O)c1. The number of carbonyl (C=O) groups excluding carboxylic acids is 3. The molecule has 1 rings (SSSR count). The van der Waals surface area contributed by atoms with E-state index in [4.69, 9.17) is 14.2 Å². The lowest BCUT2D eigenvalue weighted by Gasteiger charge is -2.19. The molecule has 0 aliphatic heterocycles. The monoisotopic (exact) mass is 532 g/mol. The molecule has 0 amide bonds. The van der Waals surface area contributed by atoms with E-state index in [0.29, 0.717) is 45.1 Å². The van der Waals surface area contributed by atoms with Crippen LogP contribution in [0.2, 0.25) is 0 Å². The first-order chi connectivity index (χ1) is 16.0. The number of ether oxygens (including phenoxy) is 3. The van der Waals surface area contributed by atoms with Gasteiger partial charge in [-0.05, 0) is 55.2 Å². The molecule has 0 aliphatic rings. The maximum atomic E-state index is 11.0. The number of hydrogen-bond acceptors (Lipinski definition) is 10. The maximum Gasteiger partial charge on any atom is 0.302 e. The zero-order valence-electron chi connectivity index (χ0n) is 20.0. The first kappa shape index (κ1) is 30.5. The van der Waals surface area contributed by atoms with Gasteiger partial charge in [-0.2, -0.15) is 37.9 Å². The third kappa shape index (κ3) is 13.4. The highest BCUT2D eigenvalue weighted by Gasteiger charge is 2.18. The van der Waals surface area contributed by atoms with Crippen LogP contribution in [0.15, 0.2) is 12.1 Å². The van der Waals surface area contributed by atoms with Crippen LogP contribution in [0.3, 0.4) is 0 Å². The van der Waals surface area contributed by atoms with Gasteiger partial charge < -0.3 is 19.3 Å². The molecule has 1 aromatic rings. The molecule has 0 aliphatic carbocycles. The van der Waals surface area contributed by atoms with Crippen molar-refractivity contribution in [1.82, 2.24) is 0 Å². The van der Waals surface area contributed by atoms with Crippen LogP contribution >= 0.6 is 37.9 Å². The van der Waals surface area contributed by atoms with E-state index >= 15 is 0 Å². The fraction of sp³-hybridized carbons (Fsp3) is 0.625. The van der Waals surface area contributed by atoms with Gasteiger partial charge in [0.1, 0.15) is 5.75 Å². The topological polar surface area (TPSA) is 99.1 Å². The molecular formula is C24H36O7S3. The van der Waals surface area contributed by atoms with E-state index in [1.165, 1.54) is 20.8 Å². The summed E-state index contributed by atoms with van der Waals surface area (Å²) in [5.74, 6) is -0.807. The van der Waals surface area contributed by atoms with Crippen molar-refractivity contribution >= 4 is 55.8 Å². The summed E-state index contributed by atoms with van der Waals surface area (Å²) < 4.78 is 15.0. The normalized spacial score (nSPS) is 13.6. The molecule has 1 aromatic carbocycles. The van der Waals surface area contributed by atoms with Crippen molar-refractivity contribution in [2.24, 2.45) is 0 Å². The van der Waals surface area contributed by atoms with E-state index in [1.807, 2.05) is 12.1 Å². The number of phenols is 1. The third-order valence-corrected chi connectivity index (χ3v) is 6.30. The van der Waals surface area contributed by atoms with Crippen molar-refractivity contribution in [3.05, 3.63) is 28.8 Å². The van der Waals surface area contributed by atoms with Crippen LogP contribution in [0.25, 0.3) is 0 Å². The Morgan fingerprint density at radius 2 is 1.03 bits per heavy atom. The molecule has 7 nitrogen and oxygen atoms in total. The van der Waals surface area contributed by atoms with Gasteiger partial charge in [-0.3, -0.25) is 14.4 Å². The van der Waals surface area contributed by atoms with Crippen LogP contribution in [-0.4, -0.2) is 58.6 Å². The Morgan fingerprint density at radius 3 is 1.35 bits per heavy atom. The van der Waals surface area contributed by atoms with Gasteiger partial charge in [-0.1, -0.05) is 12.1 Å². The highest BCUT2D eigenvalue weighted by atomic mass is 32.1. The van der Waals surface area contributed by atoms with Crippen molar-refractivity contribution in [2.75, 3.05) is 19.8 Å². The molecule has 0 fully saturated rings.